The van der Waals surface area contributed by atoms with Crippen LogP contribution in [0.15, 0.2) is 0 Å². The Morgan fingerprint density at radius 2 is 1.80 bits per heavy atom. The number of amides is 1. The lowest BCUT2D eigenvalue weighted by Gasteiger charge is -2.26. The van der Waals surface area contributed by atoms with E-state index < -0.39 is 5.60 Å². The largest absolute Gasteiger partial charge is 0.444 e. The van der Waals surface area contributed by atoms with Crippen molar-refractivity contribution in [2.75, 3.05) is 13.1 Å². The molecule has 0 aliphatic carbocycles. The lowest BCUT2D eigenvalue weighted by Crippen LogP contribution is -2.37. The fraction of sp³-hybridized carbons (Fsp3) is 0.909. The Labute approximate surface area is 90.5 Å². The average molecular weight is 213 g/mol. The molecule has 0 aromatic carbocycles. The summed E-state index contributed by atoms with van der Waals surface area (Å²) < 4.78 is 10.7. The number of epoxide rings is 1. The third-order valence-electron chi connectivity index (χ3n) is 2.71. The first-order chi connectivity index (χ1) is 6.96. The average Bonchev–Trinajstić information content (AvgIpc) is 2.75. The number of ether oxygens (including phenoxy) is 2. The van der Waals surface area contributed by atoms with Gasteiger partial charge in [0.25, 0.3) is 0 Å². The van der Waals surface area contributed by atoms with Gasteiger partial charge in [-0.25, -0.2) is 4.79 Å². The molecule has 0 aromatic rings. The maximum absolute atomic E-state index is 11.8. The SMILES string of the molecule is CC(C)(C)OC(=O)N1CC[C@@H]2O[C@@H]2CC1. The maximum Gasteiger partial charge on any atom is 0.410 e. The monoisotopic (exact) mass is 213 g/mol. The van der Waals surface area contributed by atoms with Crippen LogP contribution in [0.3, 0.4) is 0 Å². The first kappa shape index (κ1) is 10.7. The molecule has 0 aromatic heterocycles. The Hall–Kier alpha value is -0.770. The van der Waals surface area contributed by atoms with Crippen LogP contribution < -0.4 is 0 Å². The maximum atomic E-state index is 11.8. The van der Waals surface area contributed by atoms with Crippen molar-refractivity contribution in [3.8, 4) is 0 Å². The molecule has 2 saturated heterocycles. The van der Waals surface area contributed by atoms with Gasteiger partial charge in [-0.2, -0.15) is 0 Å². The van der Waals surface area contributed by atoms with Crippen molar-refractivity contribution < 1.29 is 14.3 Å². The van der Waals surface area contributed by atoms with Crippen LogP contribution in [0.25, 0.3) is 0 Å². The Morgan fingerprint density at radius 3 is 2.27 bits per heavy atom. The summed E-state index contributed by atoms with van der Waals surface area (Å²) in [5.41, 5.74) is -0.400. The van der Waals surface area contributed by atoms with E-state index >= 15 is 0 Å². The number of rotatable bonds is 0. The first-order valence-electron chi connectivity index (χ1n) is 5.59. The van der Waals surface area contributed by atoms with E-state index in [4.69, 9.17) is 9.47 Å². The van der Waals surface area contributed by atoms with E-state index in [-0.39, 0.29) is 6.09 Å². The summed E-state index contributed by atoms with van der Waals surface area (Å²) in [4.78, 5) is 13.5. The van der Waals surface area contributed by atoms with Gasteiger partial charge in [0.2, 0.25) is 0 Å². The van der Waals surface area contributed by atoms with Gasteiger partial charge in [0.05, 0.1) is 12.2 Å². The molecule has 15 heavy (non-hydrogen) atoms. The molecule has 2 fully saturated rings. The molecule has 2 aliphatic rings. The number of carbonyl (C=O) groups excluding carboxylic acids is 1. The highest BCUT2D eigenvalue weighted by atomic mass is 16.6. The van der Waals surface area contributed by atoms with Crippen LogP contribution in [-0.2, 0) is 9.47 Å². The first-order valence-corrected chi connectivity index (χ1v) is 5.59. The smallest absolute Gasteiger partial charge is 0.410 e. The van der Waals surface area contributed by atoms with Crippen molar-refractivity contribution in [3.63, 3.8) is 0 Å². The van der Waals surface area contributed by atoms with E-state index in [1.807, 2.05) is 20.8 Å². The van der Waals surface area contributed by atoms with E-state index in [0.29, 0.717) is 12.2 Å². The number of hydrogen-bond donors (Lipinski definition) is 0. The normalized spacial score (nSPS) is 30.5. The molecule has 2 heterocycles. The topological polar surface area (TPSA) is 42.1 Å². The molecule has 0 unspecified atom stereocenters. The Bertz CT molecular complexity index is 247. The van der Waals surface area contributed by atoms with Gasteiger partial charge >= 0.3 is 6.09 Å². The molecule has 86 valence electrons. The van der Waals surface area contributed by atoms with Crippen molar-refractivity contribution in [2.24, 2.45) is 0 Å². The summed E-state index contributed by atoms with van der Waals surface area (Å²) >= 11 is 0. The molecule has 2 atom stereocenters. The van der Waals surface area contributed by atoms with Gasteiger partial charge in [-0.15, -0.1) is 0 Å². The lowest BCUT2D eigenvalue weighted by molar-refractivity contribution is 0.0241. The third kappa shape index (κ3) is 2.84. The fourth-order valence-corrected chi connectivity index (χ4v) is 1.87. The van der Waals surface area contributed by atoms with Crippen molar-refractivity contribution in [1.29, 1.82) is 0 Å². The molecule has 1 amide bonds. The molecular weight excluding hydrogens is 194 g/mol. The Kier molecular flexibility index (Phi) is 2.63. The number of fused-ring (bicyclic) bond motifs is 1. The van der Waals surface area contributed by atoms with Crippen molar-refractivity contribution in [2.45, 2.75) is 51.4 Å². The van der Waals surface area contributed by atoms with Crippen LogP contribution in [0, 0.1) is 0 Å². The predicted molar refractivity (Wildman–Crippen MR) is 55.7 cm³/mol. The molecule has 0 radical (unpaired) electrons. The molecule has 2 rings (SSSR count). The zero-order valence-electron chi connectivity index (χ0n) is 9.66. The van der Waals surface area contributed by atoms with Gasteiger partial charge in [0.15, 0.2) is 0 Å². The quantitative estimate of drug-likeness (QED) is 0.576. The summed E-state index contributed by atoms with van der Waals surface area (Å²) in [6.45, 7) is 7.20. The summed E-state index contributed by atoms with van der Waals surface area (Å²) in [6, 6.07) is 0. The second-order valence-electron chi connectivity index (χ2n) is 5.26. The minimum atomic E-state index is -0.400. The van der Waals surface area contributed by atoms with Crippen molar-refractivity contribution in [3.05, 3.63) is 0 Å². The van der Waals surface area contributed by atoms with Crippen LogP contribution in [0.1, 0.15) is 33.6 Å². The van der Waals surface area contributed by atoms with Gasteiger partial charge in [-0.3, -0.25) is 0 Å². The summed E-state index contributed by atoms with van der Waals surface area (Å²) in [7, 11) is 0. The van der Waals surface area contributed by atoms with E-state index in [1.54, 1.807) is 4.90 Å². The number of likely N-dealkylation sites (tertiary alicyclic amines) is 1. The van der Waals surface area contributed by atoms with Gasteiger partial charge < -0.3 is 14.4 Å². The number of hydrogen-bond acceptors (Lipinski definition) is 3. The van der Waals surface area contributed by atoms with Gasteiger partial charge in [0, 0.05) is 13.1 Å². The van der Waals surface area contributed by atoms with Gasteiger partial charge in [-0.05, 0) is 33.6 Å². The fourth-order valence-electron chi connectivity index (χ4n) is 1.87. The minimum Gasteiger partial charge on any atom is -0.444 e. The van der Waals surface area contributed by atoms with Crippen molar-refractivity contribution >= 4 is 6.09 Å². The van der Waals surface area contributed by atoms with E-state index in [9.17, 15) is 4.79 Å². The molecule has 0 N–H and O–H groups in total. The van der Waals surface area contributed by atoms with E-state index in [1.165, 1.54) is 0 Å². The Balaban J connectivity index is 1.84. The third-order valence-corrected chi connectivity index (χ3v) is 2.71. The molecule has 0 spiro atoms. The standard InChI is InChI=1S/C11H19NO3/c1-11(2,3)15-10(13)12-6-4-8-9(14-8)5-7-12/h8-9H,4-7H2,1-3H3/t8-,9+. The molecule has 4 heteroatoms. The molecule has 0 bridgehead atoms. The highest BCUT2D eigenvalue weighted by molar-refractivity contribution is 5.68. The molecule has 0 saturated carbocycles. The lowest BCUT2D eigenvalue weighted by atomic mass is 10.2. The zero-order chi connectivity index (χ0) is 11.1. The second kappa shape index (κ2) is 3.67. The van der Waals surface area contributed by atoms with Gasteiger partial charge in [0.1, 0.15) is 5.60 Å². The van der Waals surface area contributed by atoms with E-state index in [2.05, 4.69) is 0 Å². The van der Waals surface area contributed by atoms with Crippen LogP contribution >= 0.6 is 0 Å². The molecule has 2 aliphatic heterocycles. The number of nitrogens with zero attached hydrogens (tertiary/aromatic N) is 1. The highest BCUT2D eigenvalue weighted by Crippen LogP contribution is 2.31. The zero-order valence-corrected chi connectivity index (χ0v) is 9.66. The van der Waals surface area contributed by atoms with Crippen molar-refractivity contribution in [1.82, 2.24) is 4.90 Å². The van der Waals surface area contributed by atoms with E-state index in [0.717, 1.165) is 25.9 Å². The molecular formula is C11H19NO3. The van der Waals surface area contributed by atoms with Crippen LogP contribution in [0.2, 0.25) is 0 Å². The van der Waals surface area contributed by atoms with Crippen LogP contribution in [0.5, 0.6) is 0 Å². The summed E-state index contributed by atoms with van der Waals surface area (Å²) in [5.74, 6) is 0. The predicted octanol–water partition coefficient (Wildman–Crippen LogP) is 1.78. The highest BCUT2D eigenvalue weighted by Gasteiger charge is 2.41. The van der Waals surface area contributed by atoms with Crippen LogP contribution in [-0.4, -0.2) is 41.9 Å². The Morgan fingerprint density at radius 1 is 1.27 bits per heavy atom. The van der Waals surface area contributed by atoms with Gasteiger partial charge in [-0.1, -0.05) is 0 Å². The van der Waals surface area contributed by atoms with Crippen LogP contribution in [0.4, 0.5) is 4.79 Å². The summed E-state index contributed by atoms with van der Waals surface area (Å²) in [5, 5.41) is 0. The minimum absolute atomic E-state index is 0.191. The summed E-state index contributed by atoms with van der Waals surface area (Å²) in [6.07, 6.45) is 2.51. The molecule has 4 nitrogen and oxygen atoms in total. The number of carbonyl (C=O) groups is 1. The second-order valence-corrected chi connectivity index (χ2v) is 5.26.